The lowest BCUT2D eigenvalue weighted by Crippen LogP contribution is -2.49. The minimum Gasteiger partial charge on any atom is -0.460 e. The molecule has 5 nitrogen and oxygen atoms in total. The third-order valence-corrected chi connectivity index (χ3v) is 5.42. The van der Waals surface area contributed by atoms with E-state index in [0.29, 0.717) is 12.8 Å². The largest absolute Gasteiger partial charge is 0.460 e. The second kappa shape index (κ2) is 5.26. The first kappa shape index (κ1) is 15.1. The number of hydrogen-bond acceptors (Lipinski definition) is 5. The zero-order valence-corrected chi connectivity index (χ0v) is 12.9. The molecule has 2 bridgehead atoms. The number of aliphatic hydroxyl groups is 1. The minimum atomic E-state index is -2.51. The predicted octanol–water partition coefficient (Wildman–Crippen LogP) is 0.999. The molecule has 0 aliphatic carbocycles. The van der Waals surface area contributed by atoms with Gasteiger partial charge in [0, 0.05) is 30.5 Å². The zero-order chi connectivity index (χ0) is 16.2. The Hall–Kier alpha value is -1.50. The highest BCUT2D eigenvalue weighted by Crippen LogP contribution is 2.48. The first-order valence-corrected chi connectivity index (χ1v) is 7.98. The van der Waals surface area contributed by atoms with Gasteiger partial charge in [-0.25, -0.2) is 9.18 Å². The number of alkyl halides is 1. The summed E-state index contributed by atoms with van der Waals surface area (Å²) in [5, 5.41) is 9.44. The number of carbonyl (C=O) groups excluding carboxylic acids is 1. The van der Waals surface area contributed by atoms with E-state index in [1.165, 1.54) is 12.1 Å². The first-order valence-electron chi connectivity index (χ1n) is 7.98. The first-order chi connectivity index (χ1) is 11.0. The minimum absolute atomic E-state index is 0.120. The van der Waals surface area contributed by atoms with Crippen molar-refractivity contribution in [1.29, 1.82) is 0 Å². The van der Waals surface area contributed by atoms with Gasteiger partial charge >= 0.3 is 5.97 Å². The third kappa shape index (κ3) is 2.28. The number of halogens is 1. The van der Waals surface area contributed by atoms with Gasteiger partial charge in [0.15, 0.2) is 0 Å². The lowest BCUT2D eigenvalue weighted by atomic mass is 9.95. The van der Waals surface area contributed by atoms with Crippen LogP contribution in [-0.2, 0) is 19.9 Å². The maximum Gasteiger partial charge on any atom is 0.351 e. The number of hydrogen-bond donors (Lipinski definition) is 1. The number of carbonyl (C=O) groups is 1. The van der Waals surface area contributed by atoms with Crippen LogP contribution in [-0.4, -0.2) is 60.0 Å². The summed E-state index contributed by atoms with van der Waals surface area (Å²) in [5.74, 6) is -1.00. The SMILES string of the molecule is CN1[C@@H]2CC(OC(=O)[C@@](F)(CO)c3ccccc3)C[C@H]1[C@@H]1O[C@@H]12. The average molecular weight is 321 g/mol. The highest BCUT2D eigenvalue weighted by molar-refractivity contribution is 5.81. The lowest BCUT2D eigenvalue weighted by molar-refractivity contribution is -0.171. The Morgan fingerprint density at radius 1 is 1.35 bits per heavy atom. The number of morpholine rings is 1. The van der Waals surface area contributed by atoms with Gasteiger partial charge in [-0.05, 0) is 7.05 Å². The Bertz CT molecular complexity index is 594. The van der Waals surface area contributed by atoms with E-state index in [1.807, 2.05) is 0 Å². The van der Waals surface area contributed by atoms with Crippen LogP contribution in [0.15, 0.2) is 30.3 Å². The van der Waals surface area contributed by atoms with Crippen LogP contribution < -0.4 is 0 Å². The smallest absolute Gasteiger partial charge is 0.351 e. The van der Waals surface area contributed by atoms with E-state index in [-0.39, 0.29) is 36.0 Å². The maximum atomic E-state index is 15.0. The molecule has 1 N–H and O–H groups in total. The Kier molecular flexibility index (Phi) is 3.44. The molecular formula is C17H20FNO4. The van der Waals surface area contributed by atoms with Crippen molar-refractivity contribution in [1.82, 2.24) is 4.90 Å². The number of rotatable bonds is 4. The predicted molar refractivity (Wildman–Crippen MR) is 79.4 cm³/mol. The molecule has 3 saturated heterocycles. The molecule has 3 aliphatic rings. The van der Waals surface area contributed by atoms with E-state index in [4.69, 9.17) is 9.47 Å². The molecule has 0 aromatic heterocycles. The number of fused-ring (bicyclic) bond motifs is 5. The van der Waals surface area contributed by atoms with E-state index < -0.39 is 18.2 Å². The van der Waals surface area contributed by atoms with Gasteiger partial charge in [0.05, 0.1) is 6.61 Å². The molecule has 3 aliphatic heterocycles. The Labute approximate surface area is 134 Å². The number of likely N-dealkylation sites (N-methyl/N-ethyl adjacent to an activating group) is 1. The van der Waals surface area contributed by atoms with Crippen molar-refractivity contribution in [3.63, 3.8) is 0 Å². The summed E-state index contributed by atoms with van der Waals surface area (Å²) >= 11 is 0. The Morgan fingerprint density at radius 2 is 1.96 bits per heavy atom. The van der Waals surface area contributed by atoms with Gasteiger partial charge in [0.25, 0.3) is 5.67 Å². The molecule has 1 aromatic carbocycles. The molecule has 0 amide bonds. The number of nitrogens with zero attached hydrogens (tertiary/aromatic N) is 1. The number of epoxide rings is 1. The quantitative estimate of drug-likeness (QED) is 0.662. The second-order valence-corrected chi connectivity index (χ2v) is 6.69. The molecule has 124 valence electrons. The molecule has 6 atom stereocenters. The summed E-state index contributed by atoms with van der Waals surface area (Å²) < 4.78 is 26.1. The highest BCUT2D eigenvalue weighted by atomic mass is 19.1. The lowest BCUT2D eigenvalue weighted by Gasteiger charge is -2.38. The van der Waals surface area contributed by atoms with Crippen molar-refractivity contribution in [3.05, 3.63) is 35.9 Å². The van der Waals surface area contributed by atoms with Crippen molar-refractivity contribution >= 4 is 5.97 Å². The Balaban J connectivity index is 1.47. The molecule has 1 aromatic rings. The van der Waals surface area contributed by atoms with Gasteiger partial charge in [0.2, 0.25) is 0 Å². The van der Waals surface area contributed by atoms with E-state index in [0.717, 1.165) is 0 Å². The number of piperidine rings is 1. The standard InChI is InChI=1S/C17H20FNO4/c1-19-12-7-11(8-13(19)15-14(12)23-15)22-16(21)17(18,9-20)10-5-3-2-4-6-10/h2-6,11-15,20H,7-9H2,1H3/t11?,12-,13+,14-,15+,17-/m1/s1. The number of benzene rings is 1. The zero-order valence-electron chi connectivity index (χ0n) is 12.9. The third-order valence-electron chi connectivity index (χ3n) is 5.42. The van der Waals surface area contributed by atoms with Gasteiger partial charge < -0.3 is 14.6 Å². The van der Waals surface area contributed by atoms with Crippen molar-refractivity contribution < 1.29 is 23.8 Å². The van der Waals surface area contributed by atoms with E-state index in [1.54, 1.807) is 18.2 Å². The van der Waals surface area contributed by atoms with Crippen molar-refractivity contribution in [2.45, 2.75) is 48.9 Å². The normalized spacial score (nSPS) is 37.8. The topological polar surface area (TPSA) is 62.3 Å². The summed E-state index contributed by atoms with van der Waals surface area (Å²) in [4.78, 5) is 14.6. The van der Waals surface area contributed by atoms with Gasteiger partial charge in [-0.1, -0.05) is 30.3 Å². The van der Waals surface area contributed by atoms with Gasteiger partial charge in [-0.15, -0.1) is 0 Å². The van der Waals surface area contributed by atoms with Crippen LogP contribution in [0.1, 0.15) is 18.4 Å². The van der Waals surface area contributed by atoms with Crippen molar-refractivity contribution in [2.24, 2.45) is 0 Å². The van der Waals surface area contributed by atoms with Crippen molar-refractivity contribution in [2.75, 3.05) is 13.7 Å². The molecule has 0 radical (unpaired) electrons. The van der Waals surface area contributed by atoms with Crippen molar-refractivity contribution in [3.8, 4) is 0 Å². The van der Waals surface area contributed by atoms with Crippen LogP contribution in [0, 0.1) is 0 Å². The van der Waals surface area contributed by atoms with E-state index in [2.05, 4.69) is 11.9 Å². The number of ether oxygens (including phenoxy) is 2. The summed E-state index contributed by atoms with van der Waals surface area (Å²) in [5.41, 5.74) is -2.39. The fourth-order valence-corrected chi connectivity index (χ4v) is 4.02. The fraction of sp³-hybridized carbons (Fsp3) is 0.588. The van der Waals surface area contributed by atoms with Crippen LogP contribution in [0.5, 0.6) is 0 Å². The molecule has 4 rings (SSSR count). The van der Waals surface area contributed by atoms with Gasteiger partial charge in [0.1, 0.15) is 18.3 Å². The van der Waals surface area contributed by atoms with E-state index in [9.17, 15) is 9.90 Å². The molecule has 6 heteroatoms. The average Bonchev–Trinajstić information content (AvgIpc) is 3.33. The molecule has 1 unspecified atom stereocenters. The van der Waals surface area contributed by atoms with E-state index >= 15 is 4.39 Å². The summed E-state index contributed by atoms with van der Waals surface area (Å²) in [7, 11) is 2.06. The Morgan fingerprint density at radius 3 is 2.52 bits per heavy atom. The summed E-state index contributed by atoms with van der Waals surface area (Å²) in [6.45, 7) is -0.927. The van der Waals surface area contributed by atoms with Crippen LogP contribution in [0.25, 0.3) is 0 Å². The van der Waals surface area contributed by atoms with Crippen LogP contribution in [0.4, 0.5) is 4.39 Å². The summed E-state index contributed by atoms with van der Waals surface area (Å²) in [6, 6.07) is 8.43. The molecular weight excluding hydrogens is 301 g/mol. The summed E-state index contributed by atoms with van der Waals surface area (Å²) in [6.07, 6.45) is 1.44. The fourth-order valence-electron chi connectivity index (χ4n) is 4.02. The molecule has 3 heterocycles. The van der Waals surface area contributed by atoms with Crippen LogP contribution in [0.2, 0.25) is 0 Å². The van der Waals surface area contributed by atoms with Crippen LogP contribution >= 0.6 is 0 Å². The molecule has 0 saturated carbocycles. The van der Waals surface area contributed by atoms with Gasteiger partial charge in [-0.3, -0.25) is 4.90 Å². The van der Waals surface area contributed by atoms with Crippen LogP contribution in [0.3, 0.4) is 0 Å². The second-order valence-electron chi connectivity index (χ2n) is 6.69. The number of aliphatic hydroxyl groups excluding tert-OH is 1. The highest BCUT2D eigenvalue weighted by Gasteiger charge is 2.63. The van der Waals surface area contributed by atoms with Gasteiger partial charge in [-0.2, -0.15) is 0 Å². The maximum absolute atomic E-state index is 15.0. The molecule has 0 spiro atoms. The monoisotopic (exact) mass is 321 g/mol. The molecule has 23 heavy (non-hydrogen) atoms. The number of esters is 1. The molecule has 3 fully saturated rings.